The number of aryl methyl sites for hydroxylation is 1. The van der Waals surface area contributed by atoms with Crippen LogP contribution in [0.1, 0.15) is 30.0 Å². The summed E-state index contributed by atoms with van der Waals surface area (Å²) in [5.74, 6) is -2.21. The van der Waals surface area contributed by atoms with Crippen LogP contribution >= 0.6 is 0 Å². The van der Waals surface area contributed by atoms with Gasteiger partial charge in [0.05, 0.1) is 5.92 Å². The molecule has 0 saturated carbocycles. The molecule has 0 bridgehead atoms. The number of hydrogen-bond acceptors (Lipinski definition) is 2. The van der Waals surface area contributed by atoms with Gasteiger partial charge in [-0.05, 0) is 30.9 Å². The molecule has 2 heterocycles. The van der Waals surface area contributed by atoms with Gasteiger partial charge in [0.15, 0.2) is 5.78 Å². The predicted octanol–water partition coefficient (Wildman–Crippen LogP) is 2.34. The first kappa shape index (κ1) is 11.7. The van der Waals surface area contributed by atoms with E-state index in [-0.39, 0.29) is 18.2 Å². The lowest BCUT2D eigenvalue weighted by molar-refractivity contribution is -0.148. The zero-order valence-corrected chi connectivity index (χ0v) is 11.0. The Kier molecular flexibility index (Phi) is 2.31. The number of carbonyl (C=O) groups is 2. The number of aromatic nitrogens is 1. The minimum atomic E-state index is -0.995. The fraction of sp³-hybridized carbons (Fsp3) is 0.375. The molecule has 0 fully saturated rings. The van der Waals surface area contributed by atoms with Crippen molar-refractivity contribution < 1.29 is 14.7 Å². The molecule has 4 nitrogen and oxygen atoms in total. The summed E-state index contributed by atoms with van der Waals surface area (Å²) in [5.41, 5.74) is 3.41. The first-order valence-corrected chi connectivity index (χ1v) is 7.05. The van der Waals surface area contributed by atoms with Crippen molar-refractivity contribution in [3.63, 3.8) is 0 Å². The van der Waals surface area contributed by atoms with Gasteiger partial charge in [0.1, 0.15) is 5.92 Å². The van der Waals surface area contributed by atoms with Crippen LogP contribution in [-0.2, 0) is 22.6 Å². The highest BCUT2D eigenvalue weighted by molar-refractivity contribution is 6.04. The zero-order valence-electron chi connectivity index (χ0n) is 11.0. The van der Waals surface area contributed by atoms with E-state index in [1.807, 2.05) is 18.2 Å². The molecular weight excluding hydrogens is 254 g/mol. The average molecular weight is 269 g/mol. The summed E-state index contributed by atoms with van der Waals surface area (Å²) < 4.78 is 2.08. The number of ketones is 1. The molecule has 0 radical (unpaired) electrons. The van der Waals surface area contributed by atoms with E-state index in [4.69, 9.17) is 0 Å². The van der Waals surface area contributed by atoms with Gasteiger partial charge in [-0.2, -0.15) is 0 Å². The van der Waals surface area contributed by atoms with E-state index in [0.29, 0.717) is 0 Å². The Morgan fingerprint density at radius 2 is 2.10 bits per heavy atom. The first-order chi connectivity index (χ1) is 9.68. The lowest BCUT2D eigenvalue weighted by Crippen LogP contribution is -2.39. The van der Waals surface area contributed by atoms with Crippen LogP contribution in [0.25, 0.3) is 10.9 Å². The van der Waals surface area contributed by atoms with Crippen molar-refractivity contribution in [3.05, 3.63) is 35.5 Å². The van der Waals surface area contributed by atoms with Crippen LogP contribution in [0.3, 0.4) is 0 Å². The third-order valence-electron chi connectivity index (χ3n) is 4.72. The number of carbonyl (C=O) groups excluding carboxylic acids is 1. The standard InChI is InChI=1S/C16H15NO3/c18-15-11-6-3-5-10-9-4-1-2-7-13(9)17(14(10)11)8-12(15)16(19)20/h1-2,4,7,11-12H,3,5-6,8H2,(H,19,20). The fourth-order valence-corrected chi connectivity index (χ4v) is 3.86. The number of fused-ring (bicyclic) bond motifs is 3. The molecular formula is C16H15NO3. The molecule has 2 unspecified atom stereocenters. The van der Waals surface area contributed by atoms with Crippen LogP contribution in [0.15, 0.2) is 24.3 Å². The Labute approximate surface area is 116 Å². The predicted molar refractivity (Wildman–Crippen MR) is 73.7 cm³/mol. The van der Waals surface area contributed by atoms with Gasteiger partial charge < -0.3 is 9.67 Å². The van der Waals surface area contributed by atoms with Gasteiger partial charge in [0.2, 0.25) is 0 Å². The minimum Gasteiger partial charge on any atom is -0.481 e. The Hall–Kier alpha value is -2.10. The number of para-hydroxylation sites is 1. The molecule has 2 aliphatic rings. The molecule has 20 heavy (non-hydrogen) atoms. The number of benzene rings is 1. The number of carboxylic acid groups (broad SMARTS) is 1. The number of Topliss-reactive ketones (excluding diaryl/α,β-unsaturated/α-hetero) is 1. The highest BCUT2D eigenvalue weighted by Crippen LogP contribution is 2.43. The lowest BCUT2D eigenvalue weighted by atomic mass is 9.78. The van der Waals surface area contributed by atoms with Crippen molar-refractivity contribution in [3.8, 4) is 0 Å². The van der Waals surface area contributed by atoms with Crippen LogP contribution < -0.4 is 0 Å². The maximum absolute atomic E-state index is 12.4. The fourth-order valence-electron chi connectivity index (χ4n) is 3.86. The van der Waals surface area contributed by atoms with Gasteiger partial charge >= 0.3 is 5.97 Å². The summed E-state index contributed by atoms with van der Waals surface area (Å²) in [5, 5.41) is 10.5. The SMILES string of the molecule is O=C(O)C1Cn2c3c(c4ccccc42)CCCC3C1=O. The second kappa shape index (κ2) is 3.95. The number of aliphatic carboxylic acids is 1. The molecule has 2 aromatic rings. The minimum absolute atomic E-state index is 0.103. The van der Waals surface area contributed by atoms with E-state index >= 15 is 0 Å². The Morgan fingerprint density at radius 3 is 2.90 bits per heavy atom. The number of carboxylic acids is 1. The molecule has 4 rings (SSSR count). The third-order valence-corrected chi connectivity index (χ3v) is 4.72. The molecule has 102 valence electrons. The highest BCUT2D eigenvalue weighted by Gasteiger charge is 2.42. The van der Waals surface area contributed by atoms with E-state index in [0.717, 1.165) is 30.5 Å². The van der Waals surface area contributed by atoms with Gasteiger partial charge in [-0.25, -0.2) is 0 Å². The second-order valence-corrected chi connectivity index (χ2v) is 5.73. The van der Waals surface area contributed by atoms with Crippen LogP contribution in [0.2, 0.25) is 0 Å². The second-order valence-electron chi connectivity index (χ2n) is 5.73. The van der Waals surface area contributed by atoms with Crippen LogP contribution in [0.4, 0.5) is 0 Å². The van der Waals surface area contributed by atoms with Crippen molar-refractivity contribution in [2.45, 2.75) is 31.7 Å². The maximum atomic E-state index is 12.4. The molecule has 1 aliphatic heterocycles. The first-order valence-electron chi connectivity index (χ1n) is 7.05. The topological polar surface area (TPSA) is 59.3 Å². The summed E-state index contributed by atoms with van der Waals surface area (Å²) in [6.07, 6.45) is 2.74. The Balaban J connectivity index is 2.03. The van der Waals surface area contributed by atoms with Gasteiger partial charge in [-0.15, -0.1) is 0 Å². The van der Waals surface area contributed by atoms with Crippen molar-refractivity contribution in [1.29, 1.82) is 0 Å². The number of hydrogen-bond donors (Lipinski definition) is 1. The van der Waals surface area contributed by atoms with Crippen molar-refractivity contribution in [1.82, 2.24) is 4.57 Å². The van der Waals surface area contributed by atoms with Gasteiger partial charge in [-0.3, -0.25) is 9.59 Å². The molecule has 1 aliphatic carbocycles. The highest BCUT2D eigenvalue weighted by atomic mass is 16.4. The Bertz CT molecular complexity index is 744. The average Bonchev–Trinajstić information content (AvgIpc) is 2.78. The lowest BCUT2D eigenvalue weighted by Gasteiger charge is -2.32. The smallest absolute Gasteiger partial charge is 0.315 e. The van der Waals surface area contributed by atoms with Gasteiger partial charge in [0, 0.05) is 23.1 Å². The molecule has 1 aromatic carbocycles. The van der Waals surface area contributed by atoms with E-state index in [9.17, 15) is 14.7 Å². The number of rotatable bonds is 1. The van der Waals surface area contributed by atoms with Crippen LogP contribution in [0, 0.1) is 5.92 Å². The van der Waals surface area contributed by atoms with Crippen molar-refractivity contribution in [2.75, 3.05) is 0 Å². The van der Waals surface area contributed by atoms with Gasteiger partial charge in [0.25, 0.3) is 0 Å². The van der Waals surface area contributed by atoms with E-state index in [1.165, 1.54) is 10.9 Å². The summed E-state index contributed by atoms with van der Waals surface area (Å²) in [6.45, 7) is 0.278. The zero-order chi connectivity index (χ0) is 13.9. The molecule has 0 spiro atoms. The molecule has 2 atom stereocenters. The Morgan fingerprint density at radius 1 is 1.30 bits per heavy atom. The largest absolute Gasteiger partial charge is 0.481 e. The van der Waals surface area contributed by atoms with E-state index in [2.05, 4.69) is 10.6 Å². The van der Waals surface area contributed by atoms with E-state index in [1.54, 1.807) is 0 Å². The molecule has 0 amide bonds. The van der Waals surface area contributed by atoms with E-state index < -0.39 is 11.9 Å². The van der Waals surface area contributed by atoms with Crippen molar-refractivity contribution in [2.24, 2.45) is 5.92 Å². The van der Waals surface area contributed by atoms with Crippen molar-refractivity contribution >= 4 is 22.7 Å². The molecule has 4 heteroatoms. The monoisotopic (exact) mass is 269 g/mol. The summed E-state index contributed by atoms with van der Waals surface area (Å²) >= 11 is 0. The third kappa shape index (κ3) is 1.36. The maximum Gasteiger partial charge on any atom is 0.315 e. The summed E-state index contributed by atoms with van der Waals surface area (Å²) in [6, 6.07) is 8.08. The van der Waals surface area contributed by atoms with Crippen LogP contribution in [-0.4, -0.2) is 21.4 Å². The van der Waals surface area contributed by atoms with Crippen LogP contribution in [0.5, 0.6) is 0 Å². The molecule has 1 aromatic heterocycles. The normalized spacial score (nSPS) is 24.7. The summed E-state index contributed by atoms with van der Waals surface area (Å²) in [7, 11) is 0. The van der Waals surface area contributed by atoms with Gasteiger partial charge in [-0.1, -0.05) is 18.2 Å². The number of nitrogens with zero attached hydrogens (tertiary/aromatic N) is 1. The quantitative estimate of drug-likeness (QED) is 0.808. The summed E-state index contributed by atoms with van der Waals surface area (Å²) in [4.78, 5) is 23.8. The molecule has 1 N–H and O–H groups in total. The molecule has 0 saturated heterocycles.